The normalized spacial score (nSPS) is 21.4. The number of para-hydroxylation sites is 4. The Kier molecular flexibility index (Phi) is 9.05. The molecule has 4 aliphatic rings. The molecule has 2 unspecified atom stereocenters. The van der Waals surface area contributed by atoms with Gasteiger partial charge < -0.3 is 10.3 Å². The minimum Gasteiger partial charge on any atom is -0.377 e. The molecule has 60 heavy (non-hydrogen) atoms. The Morgan fingerprint density at radius 2 is 0.950 bits per heavy atom. The molecule has 0 radical (unpaired) electrons. The van der Waals surface area contributed by atoms with Crippen molar-refractivity contribution in [1.29, 1.82) is 0 Å². The van der Waals surface area contributed by atoms with Gasteiger partial charge in [-0.2, -0.15) is 0 Å². The summed E-state index contributed by atoms with van der Waals surface area (Å²) in [6, 6.07) is 27.5. The highest BCUT2D eigenvalue weighted by Crippen LogP contribution is 2.43. The minimum atomic E-state index is -0.818. The molecule has 5 aromatic rings. The SMILES string of the molecule is O=[N+]([O-])c1ccccc1/C1=C2\C=CC(N2)C(c2ccccc2[N+](=O)[O-])C2=N/C(=C(/c3ccccc3[N+](=O)[O-])c3ccc([nH]3)/C(c3ccccc3[N+](=O)[O-])=C3/C=CC1=N3)C=C2. The van der Waals surface area contributed by atoms with Crippen LogP contribution in [0.5, 0.6) is 0 Å². The highest BCUT2D eigenvalue weighted by atomic mass is 16.6. The molecule has 0 saturated heterocycles. The molecular formula is C44H28N8O8. The third kappa shape index (κ3) is 6.29. The number of aromatic amines is 1. The van der Waals surface area contributed by atoms with Gasteiger partial charge in [0.25, 0.3) is 22.7 Å². The smallest absolute Gasteiger partial charge is 0.277 e. The molecule has 4 aliphatic heterocycles. The van der Waals surface area contributed by atoms with Crippen molar-refractivity contribution in [2.75, 3.05) is 0 Å². The predicted octanol–water partition coefficient (Wildman–Crippen LogP) is 8.92. The third-order valence-electron chi connectivity index (χ3n) is 10.6. The summed E-state index contributed by atoms with van der Waals surface area (Å²) in [5.74, 6) is -0.818. The Labute approximate surface area is 338 Å². The van der Waals surface area contributed by atoms with E-state index in [2.05, 4.69) is 10.3 Å². The zero-order valence-corrected chi connectivity index (χ0v) is 31.0. The first-order chi connectivity index (χ1) is 29.1. The highest BCUT2D eigenvalue weighted by Gasteiger charge is 2.37. The zero-order valence-electron chi connectivity index (χ0n) is 31.0. The lowest BCUT2D eigenvalue weighted by Crippen LogP contribution is -2.33. The molecule has 8 bridgehead atoms. The van der Waals surface area contributed by atoms with Gasteiger partial charge in [-0.1, -0.05) is 60.7 Å². The topological polar surface area (TPSA) is 225 Å². The Morgan fingerprint density at radius 1 is 0.483 bits per heavy atom. The molecule has 16 heteroatoms. The number of nitro benzene ring substituents is 4. The first kappa shape index (κ1) is 36.9. The second-order valence-corrected chi connectivity index (χ2v) is 13.9. The van der Waals surface area contributed by atoms with Gasteiger partial charge in [0.2, 0.25) is 0 Å². The molecule has 0 amide bonds. The number of aliphatic imine (C=N–C) groups is 2. The van der Waals surface area contributed by atoms with E-state index in [0.717, 1.165) is 0 Å². The monoisotopic (exact) mass is 796 g/mol. The van der Waals surface area contributed by atoms with Gasteiger partial charge in [-0.15, -0.1) is 0 Å². The average Bonchev–Trinajstić information content (AvgIpc) is 4.09. The summed E-state index contributed by atoms with van der Waals surface area (Å²) in [5.41, 5.74) is 3.67. The average molecular weight is 797 g/mol. The van der Waals surface area contributed by atoms with Gasteiger partial charge in [0, 0.05) is 63.6 Å². The molecule has 1 aromatic heterocycles. The number of nitrogens with one attached hydrogen (secondary N) is 2. The van der Waals surface area contributed by atoms with Crippen molar-refractivity contribution in [3.05, 3.63) is 237 Å². The van der Waals surface area contributed by atoms with Crippen LogP contribution in [0.4, 0.5) is 22.7 Å². The number of allylic oxidation sites excluding steroid dienone is 6. The number of hydrogen-bond donors (Lipinski definition) is 2. The fraction of sp³-hybridized carbons (Fsp3) is 0.0455. The fourth-order valence-electron chi connectivity index (χ4n) is 8.09. The Bertz CT molecular complexity index is 3000. The van der Waals surface area contributed by atoms with Crippen LogP contribution in [-0.4, -0.2) is 42.1 Å². The first-order valence-corrected chi connectivity index (χ1v) is 18.4. The summed E-state index contributed by atoms with van der Waals surface area (Å²) in [6.07, 6.45) is 10.3. The Hall–Kier alpha value is -8.66. The maximum absolute atomic E-state index is 12.5. The van der Waals surface area contributed by atoms with Gasteiger partial charge in [0.15, 0.2) is 0 Å². The maximum atomic E-state index is 12.5. The molecule has 9 rings (SSSR count). The van der Waals surface area contributed by atoms with Crippen LogP contribution in [0, 0.1) is 40.5 Å². The van der Waals surface area contributed by atoms with Crippen molar-refractivity contribution < 1.29 is 19.7 Å². The molecule has 292 valence electrons. The van der Waals surface area contributed by atoms with Crippen LogP contribution in [0.2, 0.25) is 0 Å². The standard InChI is InChI=1S/C44H28N8O8/c53-49(54)37-13-5-1-9-25(37)41-29-17-19-31(45-29)42(26-10-2-6-14-38(26)50(55)56)33-21-23-35(47-33)44(28-12-4-8-16-40(28)52(59)60)36-24-22-34(48-36)43(32-20-18-30(41)46-32)27-11-3-7-15-39(27)51(57)58/h1-24,29,41,45,48H/b42-31-,43-32-,44-35-. The molecule has 4 aromatic carbocycles. The van der Waals surface area contributed by atoms with Crippen LogP contribution in [0.3, 0.4) is 0 Å². The van der Waals surface area contributed by atoms with Crippen molar-refractivity contribution in [2.24, 2.45) is 9.98 Å². The fourth-order valence-corrected chi connectivity index (χ4v) is 8.09. The predicted molar refractivity (Wildman–Crippen MR) is 224 cm³/mol. The van der Waals surface area contributed by atoms with Gasteiger partial charge in [-0.05, 0) is 60.7 Å². The van der Waals surface area contributed by atoms with E-state index >= 15 is 0 Å². The van der Waals surface area contributed by atoms with Crippen molar-refractivity contribution in [3.8, 4) is 0 Å². The van der Waals surface area contributed by atoms with E-state index in [1.54, 1.807) is 121 Å². The molecule has 0 saturated carbocycles. The molecule has 5 heterocycles. The van der Waals surface area contributed by atoms with E-state index in [1.165, 1.54) is 24.3 Å². The second-order valence-electron chi connectivity index (χ2n) is 13.9. The van der Waals surface area contributed by atoms with E-state index in [0.29, 0.717) is 56.5 Å². The number of nitro groups is 4. The quantitative estimate of drug-likeness (QED) is 0.113. The number of H-pyrrole nitrogens is 1. The van der Waals surface area contributed by atoms with Crippen LogP contribution in [-0.2, 0) is 0 Å². The highest BCUT2D eigenvalue weighted by molar-refractivity contribution is 6.32. The van der Waals surface area contributed by atoms with E-state index < -0.39 is 31.7 Å². The Morgan fingerprint density at radius 3 is 1.50 bits per heavy atom. The molecule has 16 nitrogen and oxygen atoms in total. The zero-order chi connectivity index (χ0) is 41.7. The molecule has 2 N–H and O–H groups in total. The van der Waals surface area contributed by atoms with E-state index in [4.69, 9.17) is 9.98 Å². The second kappa shape index (κ2) is 14.7. The number of benzene rings is 4. The summed E-state index contributed by atoms with van der Waals surface area (Å²) in [6.45, 7) is 0. The maximum Gasteiger partial charge on any atom is 0.277 e. The summed E-state index contributed by atoms with van der Waals surface area (Å²) in [4.78, 5) is 61.5. The number of rotatable bonds is 8. The lowest BCUT2D eigenvalue weighted by Gasteiger charge is -2.24. The summed E-state index contributed by atoms with van der Waals surface area (Å²) in [7, 11) is 0. The number of aromatic nitrogens is 1. The molecule has 0 spiro atoms. The largest absolute Gasteiger partial charge is 0.377 e. The summed E-state index contributed by atoms with van der Waals surface area (Å²) < 4.78 is 0. The van der Waals surface area contributed by atoms with Gasteiger partial charge in [-0.3, -0.25) is 45.4 Å². The van der Waals surface area contributed by atoms with Crippen molar-refractivity contribution in [3.63, 3.8) is 0 Å². The van der Waals surface area contributed by atoms with Crippen LogP contribution >= 0.6 is 0 Å². The number of fused-ring (bicyclic) bond motifs is 6. The minimum absolute atomic E-state index is 0.162. The summed E-state index contributed by atoms with van der Waals surface area (Å²) in [5, 5.41) is 53.5. The molecular weight excluding hydrogens is 769 g/mol. The van der Waals surface area contributed by atoms with Crippen LogP contribution in [0.15, 0.2) is 173 Å². The summed E-state index contributed by atoms with van der Waals surface area (Å²) >= 11 is 0. The van der Waals surface area contributed by atoms with E-state index in [1.807, 2.05) is 0 Å². The molecule has 0 aliphatic carbocycles. The van der Waals surface area contributed by atoms with Gasteiger partial charge in [0.05, 0.1) is 71.2 Å². The van der Waals surface area contributed by atoms with Crippen LogP contribution in [0.25, 0.3) is 16.7 Å². The van der Waals surface area contributed by atoms with Crippen molar-refractivity contribution >= 4 is 50.9 Å². The lowest BCUT2D eigenvalue weighted by molar-refractivity contribution is -0.385. The molecule has 0 fully saturated rings. The number of hydrogen-bond acceptors (Lipinski definition) is 11. The van der Waals surface area contributed by atoms with Gasteiger partial charge in [0.1, 0.15) is 0 Å². The Balaban J connectivity index is 1.39. The van der Waals surface area contributed by atoms with Crippen molar-refractivity contribution in [2.45, 2.75) is 12.0 Å². The van der Waals surface area contributed by atoms with Crippen LogP contribution < -0.4 is 5.32 Å². The van der Waals surface area contributed by atoms with E-state index in [9.17, 15) is 40.5 Å². The van der Waals surface area contributed by atoms with Gasteiger partial charge >= 0.3 is 0 Å². The number of nitrogens with zero attached hydrogens (tertiary/aromatic N) is 6. The first-order valence-electron chi connectivity index (χ1n) is 18.4. The van der Waals surface area contributed by atoms with Crippen molar-refractivity contribution in [1.82, 2.24) is 10.3 Å². The van der Waals surface area contributed by atoms with Crippen LogP contribution in [0.1, 0.15) is 39.6 Å². The van der Waals surface area contributed by atoms with Gasteiger partial charge in [-0.25, -0.2) is 4.99 Å². The molecule has 2 atom stereocenters. The van der Waals surface area contributed by atoms with E-state index in [-0.39, 0.29) is 45.1 Å². The third-order valence-corrected chi connectivity index (χ3v) is 10.6. The lowest BCUT2D eigenvalue weighted by atomic mass is 9.86.